The quantitative estimate of drug-likeness (QED) is 0.617. The van der Waals surface area contributed by atoms with Crippen molar-refractivity contribution in [3.05, 3.63) is 35.4 Å². The van der Waals surface area contributed by atoms with E-state index in [9.17, 15) is 9.59 Å². The first-order valence-corrected chi connectivity index (χ1v) is 8.32. The number of hydrogen-bond acceptors (Lipinski definition) is 5. The van der Waals surface area contributed by atoms with Crippen LogP contribution in [0.3, 0.4) is 0 Å². The van der Waals surface area contributed by atoms with Gasteiger partial charge in [-0.25, -0.2) is 4.79 Å². The normalized spacial score (nSPS) is 24.5. The van der Waals surface area contributed by atoms with E-state index in [0.717, 1.165) is 37.9 Å². The van der Waals surface area contributed by atoms with Gasteiger partial charge in [-0.1, -0.05) is 6.07 Å². The molecule has 1 aromatic carbocycles. The molecule has 5 heteroatoms. The Kier molecular flexibility index (Phi) is 4.71. The van der Waals surface area contributed by atoms with Crippen molar-refractivity contribution in [3.63, 3.8) is 0 Å². The van der Waals surface area contributed by atoms with Gasteiger partial charge in [0.2, 0.25) is 0 Å². The van der Waals surface area contributed by atoms with Gasteiger partial charge in [-0.2, -0.15) is 0 Å². The zero-order valence-electron chi connectivity index (χ0n) is 14.2. The Morgan fingerprint density at radius 1 is 1.33 bits per heavy atom. The molecule has 2 heterocycles. The van der Waals surface area contributed by atoms with Gasteiger partial charge in [0.25, 0.3) is 0 Å². The maximum absolute atomic E-state index is 12.7. The van der Waals surface area contributed by atoms with Crippen LogP contribution in [0.25, 0.3) is 6.08 Å². The summed E-state index contributed by atoms with van der Waals surface area (Å²) in [5.74, 6) is 0.358. The summed E-state index contributed by atoms with van der Waals surface area (Å²) in [6.07, 6.45) is 6.24. The van der Waals surface area contributed by atoms with Gasteiger partial charge in [-0.15, -0.1) is 0 Å². The molecular formula is C19H23NO4. The molecule has 0 radical (unpaired) electrons. The Morgan fingerprint density at radius 3 is 2.96 bits per heavy atom. The number of carbonyl (C=O) groups excluding carboxylic acids is 2. The zero-order valence-corrected chi connectivity index (χ0v) is 14.2. The highest BCUT2D eigenvalue weighted by Gasteiger charge is 2.41. The summed E-state index contributed by atoms with van der Waals surface area (Å²) in [7, 11) is 3.44. The van der Waals surface area contributed by atoms with E-state index in [4.69, 9.17) is 4.74 Å². The molecule has 24 heavy (non-hydrogen) atoms. The molecule has 128 valence electrons. The van der Waals surface area contributed by atoms with Crippen LogP contribution in [-0.4, -0.2) is 49.5 Å². The van der Waals surface area contributed by atoms with Gasteiger partial charge in [0.1, 0.15) is 11.4 Å². The van der Waals surface area contributed by atoms with Gasteiger partial charge in [0.15, 0.2) is 5.78 Å². The van der Waals surface area contributed by atoms with Crippen LogP contribution in [0.5, 0.6) is 5.75 Å². The highest BCUT2D eigenvalue weighted by Crippen LogP contribution is 2.39. The highest BCUT2D eigenvalue weighted by atomic mass is 16.5. The summed E-state index contributed by atoms with van der Waals surface area (Å²) in [5, 5.41) is 0. The molecule has 1 spiro atoms. The molecule has 1 unspecified atom stereocenters. The Balaban J connectivity index is 1.83. The number of rotatable bonds is 2. The zero-order chi connectivity index (χ0) is 17.2. The Bertz CT molecular complexity index is 682. The highest BCUT2D eigenvalue weighted by molar-refractivity contribution is 6.01. The predicted molar refractivity (Wildman–Crippen MR) is 91.1 cm³/mol. The molecule has 2 aliphatic heterocycles. The number of ether oxygens (including phenoxy) is 2. The first-order valence-electron chi connectivity index (χ1n) is 8.32. The van der Waals surface area contributed by atoms with E-state index in [2.05, 4.69) is 16.7 Å². The number of nitrogens with zero attached hydrogens (tertiary/aromatic N) is 1. The molecule has 0 aliphatic carbocycles. The Hall–Kier alpha value is -2.14. The van der Waals surface area contributed by atoms with E-state index in [1.165, 1.54) is 13.2 Å². The van der Waals surface area contributed by atoms with Crippen molar-refractivity contribution in [3.8, 4) is 5.75 Å². The van der Waals surface area contributed by atoms with Crippen LogP contribution in [-0.2, 0) is 9.53 Å². The third kappa shape index (κ3) is 3.51. The first kappa shape index (κ1) is 16.7. The van der Waals surface area contributed by atoms with Gasteiger partial charge >= 0.3 is 5.97 Å². The summed E-state index contributed by atoms with van der Waals surface area (Å²) in [6, 6.07) is 5.47. The number of fused-ring (bicyclic) bond motifs is 1. The fourth-order valence-electron chi connectivity index (χ4n) is 3.43. The maximum Gasteiger partial charge on any atom is 0.330 e. The molecule has 0 aromatic heterocycles. The number of carbonyl (C=O) groups is 2. The van der Waals surface area contributed by atoms with Crippen molar-refractivity contribution >= 4 is 17.8 Å². The van der Waals surface area contributed by atoms with E-state index in [-0.39, 0.29) is 11.4 Å². The predicted octanol–water partition coefficient (Wildman–Crippen LogP) is 2.69. The number of hydrogen-bond donors (Lipinski definition) is 0. The van der Waals surface area contributed by atoms with Crippen molar-refractivity contribution in [1.82, 2.24) is 4.90 Å². The summed E-state index contributed by atoms with van der Waals surface area (Å²) in [4.78, 5) is 26.2. The molecule has 1 atom stereocenters. The third-order valence-corrected chi connectivity index (χ3v) is 4.85. The molecule has 1 fully saturated rings. The van der Waals surface area contributed by atoms with E-state index in [0.29, 0.717) is 17.7 Å². The number of esters is 1. The molecule has 1 aromatic rings. The second-order valence-electron chi connectivity index (χ2n) is 6.65. The molecule has 0 N–H and O–H groups in total. The second kappa shape index (κ2) is 6.77. The van der Waals surface area contributed by atoms with Crippen LogP contribution in [0.15, 0.2) is 24.3 Å². The number of ketones is 1. The Labute approximate surface area is 142 Å². The number of methoxy groups -OCH3 is 1. The minimum atomic E-state index is -0.420. The van der Waals surface area contributed by atoms with E-state index in [1.54, 1.807) is 12.1 Å². The smallest absolute Gasteiger partial charge is 0.330 e. The SMILES string of the molecule is COC(=O)C=Cc1ccc2c(c1)C(=O)CC1(CCCN(C)CC1)O2. The van der Waals surface area contributed by atoms with E-state index < -0.39 is 5.97 Å². The lowest BCUT2D eigenvalue weighted by molar-refractivity contribution is -0.134. The Morgan fingerprint density at radius 2 is 2.17 bits per heavy atom. The van der Waals surface area contributed by atoms with Crippen LogP contribution < -0.4 is 4.74 Å². The summed E-state index contributed by atoms with van der Waals surface area (Å²) in [5.41, 5.74) is 1.02. The molecule has 5 nitrogen and oxygen atoms in total. The minimum Gasteiger partial charge on any atom is -0.486 e. The van der Waals surface area contributed by atoms with Crippen LogP contribution in [0, 0.1) is 0 Å². The topological polar surface area (TPSA) is 55.8 Å². The number of benzene rings is 1. The lowest BCUT2D eigenvalue weighted by Gasteiger charge is -2.37. The molecular weight excluding hydrogens is 306 g/mol. The van der Waals surface area contributed by atoms with Crippen molar-refractivity contribution in [1.29, 1.82) is 0 Å². The van der Waals surface area contributed by atoms with Crippen molar-refractivity contribution < 1.29 is 19.1 Å². The van der Waals surface area contributed by atoms with E-state index >= 15 is 0 Å². The van der Waals surface area contributed by atoms with Crippen molar-refractivity contribution in [2.24, 2.45) is 0 Å². The monoisotopic (exact) mass is 329 g/mol. The largest absolute Gasteiger partial charge is 0.486 e. The average molecular weight is 329 g/mol. The third-order valence-electron chi connectivity index (χ3n) is 4.85. The number of Topliss-reactive ketones (excluding diaryl/α,β-unsaturated/α-hetero) is 1. The summed E-state index contributed by atoms with van der Waals surface area (Å²) < 4.78 is 10.9. The van der Waals surface area contributed by atoms with Crippen LogP contribution in [0.4, 0.5) is 0 Å². The molecule has 2 aliphatic rings. The second-order valence-corrected chi connectivity index (χ2v) is 6.65. The van der Waals surface area contributed by atoms with Gasteiger partial charge in [-0.3, -0.25) is 4.79 Å². The molecule has 0 amide bonds. The van der Waals surface area contributed by atoms with E-state index in [1.807, 2.05) is 12.1 Å². The fourth-order valence-corrected chi connectivity index (χ4v) is 3.43. The van der Waals surface area contributed by atoms with Gasteiger partial charge in [0.05, 0.1) is 19.1 Å². The van der Waals surface area contributed by atoms with Crippen molar-refractivity contribution in [2.75, 3.05) is 27.2 Å². The lowest BCUT2D eigenvalue weighted by atomic mass is 9.84. The van der Waals surface area contributed by atoms with Gasteiger partial charge in [0, 0.05) is 19.0 Å². The van der Waals surface area contributed by atoms with Crippen LogP contribution in [0.2, 0.25) is 0 Å². The summed E-state index contributed by atoms with van der Waals surface area (Å²) >= 11 is 0. The standard InChI is InChI=1S/C19H23NO4/c1-20-10-3-8-19(9-11-20)13-16(21)15-12-14(4-6-17(15)24-19)5-7-18(22)23-2/h4-7,12H,3,8-11,13H2,1-2H3. The molecule has 0 saturated carbocycles. The van der Waals surface area contributed by atoms with Crippen molar-refractivity contribution in [2.45, 2.75) is 31.3 Å². The lowest BCUT2D eigenvalue weighted by Crippen LogP contribution is -2.42. The number of likely N-dealkylation sites (tertiary alicyclic amines) is 1. The molecule has 1 saturated heterocycles. The fraction of sp³-hybridized carbons (Fsp3) is 0.474. The van der Waals surface area contributed by atoms with Crippen LogP contribution >= 0.6 is 0 Å². The summed E-state index contributed by atoms with van der Waals surface area (Å²) in [6.45, 7) is 1.99. The van der Waals surface area contributed by atoms with Gasteiger partial charge in [-0.05, 0) is 50.2 Å². The minimum absolute atomic E-state index is 0.120. The molecule has 3 rings (SSSR count). The van der Waals surface area contributed by atoms with Crippen LogP contribution in [0.1, 0.15) is 41.6 Å². The first-order chi connectivity index (χ1) is 11.5. The molecule has 0 bridgehead atoms. The average Bonchev–Trinajstić information content (AvgIpc) is 2.75. The van der Waals surface area contributed by atoms with Gasteiger partial charge < -0.3 is 14.4 Å². The maximum atomic E-state index is 12.7.